The van der Waals surface area contributed by atoms with Gasteiger partial charge in [0.2, 0.25) is 0 Å². The predicted molar refractivity (Wildman–Crippen MR) is 78.0 cm³/mol. The van der Waals surface area contributed by atoms with Crippen LogP contribution >= 0.6 is 27.5 Å². The van der Waals surface area contributed by atoms with Crippen molar-refractivity contribution in [2.24, 2.45) is 0 Å². The van der Waals surface area contributed by atoms with Crippen molar-refractivity contribution >= 4 is 44.6 Å². The summed E-state index contributed by atoms with van der Waals surface area (Å²) in [5.41, 5.74) is 8.30. The van der Waals surface area contributed by atoms with Crippen LogP contribution < -0.4 is 11.1 Å². The second-order valence-electron chi connectivity index (χ2n) is 3.66. The monoisotopic (exact) mass is 321 g/mol. The van der Waals surface area contributed by atoms with Gasteiger partial charge in [0.05, 0.1) is 16.9 Å². The molecular formula is C13H9BrClN3. The second kappa shape index (κ2) is 5.30. The van der Waals surface area contributed by atoms with Crippen LogP contribution in [0.25, 0.3) is 0 Å². The molecule has 2 aromatic rings. The minimum atomic E-state index is 0.445. The third kappa shape index (κ3) is 2.76. The number of nitriles is 1. The van der Waals surface area contributed by atoms with Gasteiger partial charge in [-0.25, -0.2) is 0 Å². The first-order valence-corrected chi connectivity index (χ1v) is 6.29. The topological polar surface area (TPSA) is 61.8 Å². The first kappa shape index (κ1) is 12.7. The van der Waals surface area contributed by atoms with Gasteiger partial charge < -0.3 is 11.1 Å². The second-order valence-corrected chi connectivity index (χ2v) is 4.95. The molecule has 3 N–H and O–H groups in total. The minimum Gasteiger partial charge on any atom is -0.398 e. The predicted octanol–water partition coefficient (Wildman–Crippen LogP) is 4.30. The van der Waals surface area contributed by atoms with Gasteiger partial charge >= 0.3 is 0 Å². The van der Waals surface area contributed by atoms with Gasteiger partial charge in [-0.15, -0.1) is 0 Å². The molecule has 0 atom stereocenters. The number of nitrogen functional groups attached to an aromatic ring is 1. The van der Waals surface area contributed by atoms with Crippen LogP contribution in [-0.4, -0.2) is 0 Å². The molecule has 0 aliphatic heterocycles. The Morgan fingerprint density at radius 3 is 2.67 bits per heavy atom. The van der Waals surface area contributed by atoms with Crippen molar-refractivity contribution in [1.29, 1.82) is 5.26 Å². The summed E-state index contributed by atoms with van der Waals surface area (Å²) in [6.45, 7) is 0. The van der Waals surface area contributed by atoms with Gasteiger partial charge in [0.1, 0.15) is 6.07 Å². The van der Waals surface area contributed by atoms with E-state index < -0.39 is 0 Å². The molecule has 0 radical (unpaired) electrons. The number of nitrogens with two attached hydrogens (primary N) is 1. The number of benzene rings is 2. The molecule has 0 bridgehead atoms. The number of hydrogen-bond acceptors (Lipinski definition) is 3. The summed E-state index contributed by atoms with van der Waals surface area (Å²) in [4.78, 5) is 0. The SMILES string of the molecule is N#Cc1ccc(Nc2cc(Cl)ccc2Br)cc1N. The van der Waals surface area contributed by atoms with Crippen molar-refractivity contribution in [3.63, 3.8) is 0 Å². The Balaban J connectivity index is 2.32. The van der Waals surface area contributed by atoms with Crippen molar-refractivity contribution in [3.05, 3.63) is 51.5 Å². The largest absolute Gasteiger partial charge is 0.398 e. The summed E-state index contributed by atoms with van der Waals surface area (Å²) in [6, 6.07) is 12.7. The quantitative estimate of drug-likeness (QED) is 0.810. The molecule has 5 heteroatoms. The minimum absolute atomic E-state index is 0.445. The summed E-state index contributed by atoms with van der Waals surface area (Å²) in [5.74, 6) is 0. The van der Waals surface area contributed by atoms with E-state index in [1.807, 2.05) is 12.1 Å². The highest BCUT2D eigenvalue weighted by atomic mass is 79.9. The first-order valence-electron chi connectivity index (χ1n) is 5.12. The van der Waals surface area contributed by atoms with Gasteiger partial charge in [-0.05, 0) is 52.3 Å². The third-order valence-electron chi connectivity index (χ3n) is 2.38. The lowest BCUT2D eigenvalue weighted by Gasteiger charge is -2.10. The Kier molecular flexibility index (Phi) is 3.75. The Hall–Kier alpha value is -1.70. The molecule has 3 nitrogen and oxygen atoms in total. The molecule has 0 aliphatic carbocycles. The summed E-state index contributed by atoms with van der Waals surface area (Å²) in [6.07, 6.45) is 0. The van der Waals surface area contributed by atoms with Crippen LogP contribution in [0.3, 0.4) is 0 Å². The highest BCUT2D eigenvalue weighted by molar-refractivity contribution is 9.10. The van der Waals surface area contributed by atoms with Gasteiger partial charge in [-0.3, -0.25) is 0 Å². The molecule has 0 saturated heterocycles. The summed E-state index contributed by atoms with van der Waals surface area (Å²) in [7, 11) is 0. The zero-order chi connectivity index (χ0) is 13.1. The lowest BCUT2D eigenvalue weighted by atomic mass is 10.2. The van der Waals surface area contributed by atoms with Gasteiger partial charge in [-0.2, -0.15) is 5.26 Å². The van der Waals surface area contributed by atoms with Crippen LogP contribution in [0.2, 0.25) is 5.02 Å². The number of nitrogens with one attached hydrogen (secondary N) is 1. The number of nitrogens with zero attached hydrogens (tertiary/aromatic N) is 1. The van der Waals surface area contributed by atoms with E-state index in [0.29, 0.717) is 16.3 Å². The molecule has 0 aliphatic rings. The maximum atomic E-state index is 8.80. The van der Waals surface area contributed by atoms with Crippen molar-refractivity contribution in [1.82, 2.24) is 0 Å². The number of rotatable bonds is 2. The number of halogens is 2. The van der Waals surface area contributed by atoms with E-state index in [2.05, 4.69) is 21.2 Å². The highest BCUT2D eigenvalue weighted by Crippen LogP contribution is 2.29. The van der Waals surface area contributed by atoms with E-state index in [-0.39, 0.29) is 0 Å². The van der Waals surface area contributed by atoms with Crippen LogP contribution in [0, 0.1) is 11.3 Å². The summed E-state index contributed by atoms with van der Waals surface area (Å²) in [5, 5.41) is 12.6. The summed E-state index contributed by atoms with van der Waals surface area (Å²) < 4.78 is 0.898. The zero-order valence-corrected chi connectivity index (χ0v) is 11.6. The van der Waals surface area contributed by atoms with Gasteiger partial charge in [-0.1, -0.05) is 11.6 Å². The molecule has 0 spiro atoms. The molecule has 0 fully saturated rings. The lowest BCUT2D eigenvalue weighted by Crippen LogP contribution is -1.95. The molecule has 0 saturated carbocycles. The standard InChI is InChI=1S/C13H9BrClN3/c14-11-4-2-9(15)5-13(11)18-10-3-1-8(7-16)12(17)6-10/h1-6,18H,17H2. The molecular weight excluding hydrogens is 314 g/mol. The molecule has 0 unspecified atom stereocenters. The Labute approximate surface area is 118 Å². The van der Waals surface area contributed by atoms with E-state index >= 15 is 0 Å². The maximum absolute atomic E-state index is 8.80. The molecule has 0 heterocycles. The number of hydrogen-bond donors (Lipinski definition) is 2. The molecule has 2 rings (SSSR count). The average Bonchev–Trinajstić information content (AvgIpc) is 2.34. The van der Waals surface area contributed by atoms with Crippen LogP contribution in [-0.2, 0) is 0 Å². The van der Waals surface area contributed by atoms with Gasteiger partial charge in [0.15, 0.2) is 0 Å². The average molecular weight is 323 g/mol. The Morgan fingerprint density at radius 1 is 1.22 bits per heavy atom. The fraction of sp³-hybridized carbons (Fsp3) is 0. The Bertz CT molecular complexity index is 635. The fourth-order valence-electron chi connectivity index (χ4n) is 1.49. The molecule has 0 amide bonds. The van der Waals surface area contributed by atoms with Crippen LogP contribution in [0.1, 0.15) is 5.56 Å². The van der Waals surface area contributed by atoms with E-state index in [1.54, 1.807) is 30.3 Å². The fourth-order valence-corrected chi connectivity index (χ4v) is 2.01. The lowest BCUT2D eigenvalue weighted by molar-refractivity contribution is 1.47. The van der Waals surface area contributed by atoms with Crippen molar-refractivity contribution in [3.8, 4) is 6.07 Å². The zero-order valence-electron chi connectivity index (χ0n) is 9.24. The van der Waals surface area contributed by atoms with E-state index in [9.17, 15) is 0 Å². The van der Waals surface area contributed by atoms with E-state index in [4.69, 9.17) is 22.6 Å². The van der Waals surface area contributed by atoms with Crippen molar-refractivity contribution < 1.29 is 0 Å². The van der Waals surface area contributed by atoms with Crippen molar-refractivity contribution in [2.75, 3.05) is 11.1 Å². The smallest absolute Gasteiger partial charge is 0.101 e. The molecule has 2 aromatic carbocycles. The Morgan fingerprint density at radius 2 is 2.00 bits per heavy atom. The van der Waals surface area contributed by atoms with Gasteiger partial charge in [0.25, 0.3) is 0 Å². The van der Waals surface area contributed by atoms with Crippen LogP contribution in [0.5, 0.6) is 0 Å². The normalized spacial score (nSPS) is 9.83. The van der Waals surface area contributed by atoms with Gasteiger partial charge in [0, 0.05) is 15.2 Å². The number of anilines is 3. The molecule has 0 aromatic heterocycles. The first-order chi connectivity index (χ1) is 8.60. The van der Waals surface area contributed by atoms with Crippen LogP contribution in [0.4, 0.5) is 17.1 Å². The molecule has 18 heavy (non-hydrogen) atoms. The summed E-state index contributed by atoms with van der Waals surface area (Å²) >= 11 is 9.36. The van der Waals surface area contributed by atoms with Crippen LogP contribution in [0.15, 0.2) is 40.9 Å². The van der Waals surface area contributed by atoms with E-state index in [0.717, 1.165) is 15.8 Å². The highest BCUT2D eigenvalue weighted by Gasteiger charge is 2.04. The van der Waals surface area contributed by atoms with Crippen molar-refractivity contribution in [2.45, 2.75) is 0 Å². The maximum Gasteiger partial charge on any atom is 0.101 e. The van der Waals surface area contributed by atoms with E-state index in [1.165, 1.54) is 0 Å². The third-order valence-corrected chi connectivity index (χ3v) is 3.31. The molecule has 90 valence electrons.